The summed E-state index contributed by atoms with van der Waals surface area (Å²) in [5.74, 6) is 0.459. The Balaban J connectivity index is 1.15. The molecule has 0 unspecified atom stereocenters. The SMILES string of the molecule is C[C@@H]1C[C@@H]2[C@H](C[C@]3(C)[C@@H]4[C@H](O[C@@H]5O[C@H](CO)[C@@H](O)[C@H](O)[C@H]5O)C[C@@H]5C(C)(C)[C@@H](O[C@@H]6OC[C@@H](O)[C@H](O)[C@H]6O)CC[C@]56C[C@]46CC[C@]23C)O[C@@H]1O. The minimum Gasteiger partial charge on any atom is -0.394 e. The lowest BCUT2D eigenvalue weighted by Crippen LogP contribution is -2.65. The molecule has 8 N–H and O–H groups in total. The predicted octanol–water partition coefficient (Wildman–Crippen LogP) is 0.398. The van der Waals surface area contributed by atoms with E-state index < -0.39 is 79.7 Å². The smallest absolute Gasteiger partial charge is 0.186 e. The van der Waals surface area contributed by atoms with Crippen LogP contribution in [0.3, 0.4) is 0 Å². The maximum absolute atomic E-state index is 11.2. The molecule has 8 aliphatic rings. The van der Waals surface area contributed by atoms with Crippen molar-refractivity contribution in [1.29, 1.82) is 0 Å². The molecule has 0 aromatic carbocycles. The molecule has 3 heterocycles. The van der Waals surface area contributed by atoms with Crippen molar-refractivity contribution in [3.63, 3.8) is 0 Å². The first-order chi connectivity index (χ1) is 23.5. The predicted molar refractivity (Wildman–Crippen MR) is 174 cm³/mol. The summed E-state index contributed by atoms with van der Waals surface area (Å²) in [5.41, 5.74) is -0.840. The molecule has 5 saturated carbocycles. The zero-order valence-corrected chi connectivity index (χ0v) is 30.0. The second kappa shape index (κ2) is 12.0. The second-order valence-corrected chi connectivity index (χ2v) is 18.8. The fraction of sp³-hybridized carbons (Fsp3) is 1.00. The zero-order chi connectivity index (χ0) is 35.9. The highest BCUT2D eigenvalue weighted by Gasteiger charge is 2.85. The third-order valence-electron chi connectivity index (χ3n) is 16.5. The van der Waals surface area contributed by atoms with Gasteiger partial charge >= 0.3 is 0 Å². The number of aliphatic hydroxyl groups excluding tert-OH is 8. The summed E-state index contributed by atoms with van der Waals surface area (Å²) in [6.07, 6.45) is -6.59. The van der Waals surface area contributed by atoms with Crippen LogP contribution in [0.1, 0.15) is 86.0 Å². The Morgan fingerprint density at radius 2 is 1.46 bits per heavy atom. The third-order valence-corrected chi connectivity index (χ3v) is 16.5. The molecule has 3 saturated heterocycles. The van der Waals surface area contributed by atoms with Gasteiger partial charge in [0.15, 0.2) is 18.9 Å². The molecule has 0 aromatic heterocycles. The summed E-state index contributed by atoms with van der Waals surface area (Å²) in [7, 11) is 0. The molecule has 0 amide bonds. The van der Waals surface area contributed by atoms with Crippen LogP contribution in [0.2, 0.25) is 0 Å². The molecule has 286 valence electrons. The van der Waals surface area contributed by atoms with Crippen molar-refractivity contribution in [1.82, 2.24) is 0 Å². The number of aliphatic hydroxyl groups is 8. The van der Waals surface area contributed by atoms with Crippen molar-refractivity contribution in [2.75, 3.05) is 13.2 Å². The van der Waals surface area contributed by atoms with Crippen molar-refractivity contribution in [3.8, 4) is 0 Å². The largest absolute Gasteiger partial charge is 0.394 e. The van der Waals surface area contributed by atoms with E-state index >= 15 is 0 Å². The molecule has 8 rings (SSSR count). The van der Waals surface area contributed by atoms with Crippen LogP contribution in [-0.2, 0) is 23.7 Å². The number of hydrogen-bond acceptors (Lipinski definition) is 13. The van der Waals surface area contributed by atoms with Crippen molar-refractivity contribution >= 4 is 0 Å². The number of fused-ring (bicyclic) bond motifs is 4. The van der Waals surface area contributed by atoms with Crippen LogP contribution in [0.15, 0.2) is 0 Å². The average molecular weight is 713 g/mol. The first-order valence-electron chi connectivity index (χ1n) is 19.1. The molecule has 0 aromatic rings. The summed E-state index contributed by atoms with van der Waals surface area (Å²) in [6, 6.07) is 0. The maximum Gasteiger partial charge on any atom is 0.186 e. The Morgan fingerprint density at radius 1 is 0.740 bits per heavy atom. The van der Waals surface area contributed by atoms with Crippen molar-refractivity contribution < 1.29 is 64.5 Å². The molecule has 50 heavy (non-hydrogen) atoms. The van der Waals surface area contributed by atoms with Crippen LogP contribution in [0.5, 0.6) is 0 Å². The molecular weight excluding hydrogens is 652 g/mol. The molecule has 5 aliphatic carbocycles. The van der Waals surface area contributed by atoms with Gasteiger partial charge < -0.3 is 64.5 Å². The van der Waals surface area contributed by atoms with Crippen LogP contribution >= 0.6 is 0 Å². The van der Waals surface area contributed by atoms with E-state index in [4.69, 9.17) is 23.7 Å². The fourth-order valence-electron chi connectivity index (χ4n) is 13.6. The van der Waals surface area contributed by atoms with E-state index in [1.807, 2.05) is 0 Å². The molecule has 13 nitrogen and oxygen atoms in total. The topological polar surface area (TPSA) is 208 Å². The lowest BCUT2D eigenvalue weighted by molar-refractivity contribution is -0.335. The van der Waals surface area contributed by atoms with E-state index in [1.54, 1.807) is 0 Å². The third kappa shape index (κ3) is 4.78. The van der Waals surface area contributed by atoms with Gasteiger partial charge in [-0.25, -0.2) is 0 Å². The van der Waals surface area contributed by atoms with Gasteiger partial charge in [0.25, 0.3) is 0 Å². The highest BCUT2D eigenvalue weighted by atomic mass is 16.7. The lowest BCUT2D eigenvalue weighted by Gasteiger charge is -2.65. The molecule has 0 radical (unpaired) electrons. The van der Waals surface area contributed by atoms with Gasteiger partial charge in [0.05, 0.1) is 31.5 Å². The van der Waals surface area contributed by atoms with E-state index in [9.17, 15) is 40.9 Å². The molecule has 13 heteroatoms. The van der Waals surface area contributed by atoms with Crippen LogP contribution < -0.4 is 0 Å². The minimum atomic E-state index is -1.55. The van der Waals surface area contributed by atoms with Gasteiger partial charge in [-0.15, -0.1) is 0 Å². The zero-order valence-electron chi connectivity index (χ0n) is 30.0. The quantitative estimate of drug-likeness (QED) is 0.182. The molecule has 3 aliphatic heterocycles. The highest BCUT2D eigenvalue weighted by molar-refractivity contribution is 5.33. The molecule has 8 fully saturated rings. The monoisotopic (exact) mass is 712 g/mol. The van der Waals surface area contributed by atoms with Gasteiger partial charge in [-0.1, -0.05) is 34.6 Å². The number of rotatable bonds is 5. The summed E-state index contributed by atoms with van der Waals surface area (Å²) in [5, 5.41) is 84.4. The van der Waals surface area contributed by atoms with E-state index in [-0.39, 0.29) is 64.1 Å². The molecule has 0 bridgehead atoms. The van der Waals surface area contributed by atoms with Gasteiger partial charge in [0.1, 0.15) is 42.7 Å². The van der Waals surface area contributed by atoms with E-state index in [0.29, 0.717) is 6.42 Å². The van der Waals surface area contributed by atoms with E-state index in [2.05, 4.69) is 34.6 Å². The van der Waals surface area contributed by atoms with Crippen LogP contribution in [0.25, 0.3) is 0 Å². The fourth-order valence-corrected chi connectivity index (χ4v) is 13.6. The Labute approximate surface area is 294 Å². The Morgan fingerprint density at radius 3 is 2.18 bits per heavy atom. The van der Waals surface area contributed by atoms with Crippen molar-refractivity contribution in [2.45, 2.75) is 166 Å². The molecule has 2 spiro atoms. The Hall–Kier alpha value is -0.520. The summed E-state index contributed by atoms with van der Waals surface area (Å²) < 4.78 is 31.4. The van der Waals surface area contributed by atoms with E-state index in [0.717, 1.165) is 44.9 Å². The van der Waals surface area contributed by atoms with Crippen molar-refractivity contribution in [2.24, 2.45) is 50.7 Å². The Kier molecular flexibility index (Phi) is 8.74. The van der Waals surface area contributed by atoms with Gasteiger partial charge in [-0.05, 0) is 96.2 Å². The first-order valence-corrected chi connectivity index (χ1v) is 19.1. The average Bonchev–Trinajstić information content (AvgIpc) is 3.67. The van der Waals surface area contributed by atoms with Crippen LogP contribution in [0, 0.1) is 50.7 Å². The van der Waals surface area contributed by atoms with Gasteiger partial charge in [0.2, 0.25) is 0 Å². The van der Waals surface area contributed by atoms with Crippen LogP contribution in [-0.4, -0.2) is 134 Å². The van der Waals surface area contributed by atoms with Gasteiger partial charge in [-0.2, -0.15) is 0 Å². The Bertz CT molecular complexity index is 1300. The number of hydrogen-bond donors (Lipinski definition) is 8. The lowest BCUT2D eigenvalue weighted by atomic mass is 9.41. The van der Waals surface area contributed by atoms with Crippen molar-refractivity contribution in [3.05, 3.63) is 0 Å². The standard InChI is InChI=1S/C37H60O13/c1-16-10-17-20(47-30(16)45)12-35(5)29-19(48-32-28(44)26(42)25(41)21(13-38)49-32)11-22-33(2,3)23(50-31-27(43)24(40)18(39)14-46-31)6-7-36(22)15-37(29,36)9-8-34(17,35)4/h16-32,38-45H,6-15H2,1-5H3/t16-,17-,18-,19-,20+,21-,22-,23+,24+,25-,26+,27-,28-,29+,30+,31+,32-,34-,35-,36+,37-/m1/s1. The summed E-state index contributed by atoms with van der Waals surface area (Å²) in [6.45, 7) is 10.5. The summed E-state index contributed by atoms with van der Waals surface area (Å²) >= 11 is 0. The van der Waals surface area contributed by atoms with E-state index in [1.165, 1.54) is 0 Å². The van der Waals surface area contributed by atoms with Gasteiger partial charge in [0, 0.05) is 5.92 Å². The normalized spacial score (nSPS) is 61.3. The van der Waals surface area contributed by atoms with Gasteiger partial charge in [-0.3, -0.25) is 0 Å². The molecule has 21 atom stereocenters. The molecular formula is C37H60O13. The maximum atomic E-state index is 11.2. The minimum absolute atomic E-state index is 0.00375. The second-order valence-electron chi connectivity index (χ2n) is 18.8. The summed E-state index contributed by atoms with van der Waals surface area (Å²) in [4.78, 5) is 0. The van der Waals surface area contributed by atoms with Crippen LogP contribution in [0.4, 0.5) is 0 Å². The first kappa shape index (κ1) is 36.5. The number of ether oxygens (including phenoxy) is 5. The highest BCUT2D eigenvalue weighted by Crippen LogP contribution is 2.89.